The lowest BCUT2D eigenvalue weighted by atomic mass is 10.0. The second kappa shape index (κ2) is 6.13. The number of hydrogen-bond acceptors (Lipinski definition) is 4. The molecule has 0 unspecified atom stereocenters. The Morgan fingerprint density at radius 1 is 1.00 bits per heavy atom. The minimum atomic E-state index is -3.33. The standard InChI is InChI=1S/C15H19N3O2S/c1-11(2)12-7-4-5-8-13(12)16-14-9-6-10-15(17-14)18-21(3,19)20/h4-11H,1-3H3,(H2,16,17,18). The molecular formula is C15H19N3O2S. The van der Waals surface area contributed by atoms with Crippen molar-refractivity contribution in [1.82, 2.24) is 4.98 Å². The minimum absolute atomic E-state index is 0.296. The molecule has 1 heterocycles. The highest BCUT2D eigenvalue weighted by atomic mass is 32.2. The Morgan fingerprint density at radius 2 is 1.67 bits per heavy atom. The van der Waals surface area contributed by atoms with Crippen LogP contribution in [0.15, 0.2) is 42.5 Å². The molecule has 0 atom stereocenters. The second-order valence-electron chi connectivity index (χ2n) is 5.15. The molecule has 6 heteroatoms. The van der Waals surface area contributed by atoms with Crippen molar-refractivity contribution in [2.24, 2.45) is 0 Å². The maximum Gasteiger partial charge on any atom is 0.230 e. The summed E-state index contributed by atoms with van der Waals surface area (Å²) in [5.41, 5.74) is 2.15. The Bertz CT molecular complexity index is 727. The largest absolute Gasteiger partial charge is 0.340 e. The summed E-state index contributed by atoms with van der Waals surface area (Å²) in [6, 6.07) is 13.1. The number of nitrogens with zero attached hydrogens (tertiary/aromatic N) is 1. The topological polar surface area (TPSA) is 71.1 Å². The third-order valence-electron chi connectivity index (χ3n) is 2.88. The van der Waals surface area contributed by atoms with E-state index in [9.17, 15) is 8.42 Å². The quantitative estimate of drug-likeness (QED) is 0.889. The van der Waals surface area contributed by atoms with Gasteiger partial charge in [0.2, 0.25) is 10.0 Å². The van der Waals surface area contributed by atoms with Crippen LogP contribution < -0.4 is 10.0 Å². The van der Waals surface area contributed by atoms with Gasteiger partial charge in [0.05, 0.1) is 6.26 Å². The SMILES string of the molecule is CC(C)c1ccccc1Nc1cccc(NS(C)(=O)=O)n1. The van der Waals surface area contributed by atoms with Crippen molar-refractivity contribution in [3.63, 3.8) is 0 Å². The van der Waals surface area contributed by atoms with Crippen LogP contribution in [0.5, 0.6) is 0 Å². The Balaban J connectivity index is 2.27. The van der Waals surface area contributed by atoms with Crippen molar-refractivity contribution >= 4 is 27.3 Å². The van der Waals surface area contributed by atoms with Gasteiger partial charge in [0.1, 0.15) is 11.6 Å². The van der Waals surface area contributed by atoms with Crippen LogP contribution in [-0.2, 0) is 10.0 Å². The van der Waals surface area contributed by atoms with Crippen molar-refractivity contribution < 1.29 is 8.42 Å². The number of rotatable bonds is 5. The first-order valence-electron chi connectivity index (χ1n) is 6.66. The molecule has 0 aliphatic heterocycles. The average molecular weight is 305 g/mol. The number of aromatic nitrogens is 1. The minimum Gasteiger partial charge on any atom is -0.340 e. The molecule has 0 saturated heterocycles. The molecule has 0 radical (unpaired) electrons. The zero-order valence-electron chi connectivity index (χ0n) is 12.3. The van der Waals surface area contributed by atoms with Crippen molar-refractivity contribution in [1.29, 1.82) is 0 Å². The highest BCUT2D eigenvalue weighted by Crippen LogP contribution is 2.26. The summed E-state index contributed by atoms with van der Waals surface area (Å²) in [5, 5.41) is 3.23. The summed E-state index contributed by atoms with van der Waals surface area (Å²) < 4.78 is 24.9. The van der Waals surface area contributed by atoms with Gasteiger partial charge in [-0.2, -0.15) is 0 Å². The van der Waals surface area contributed by atoms with Crippen molar-refractivity contribution in [3.05, 3.63) is 48.0 Å². The van der Waals surface area contributed by atoms with Crippen molar-refractivity contribution in [2.75, 3.05) is 16.3 Å². The van der Waals surface area contributed by atoms with Gasteiger partial charge in [0, 0.05) is 5.69 Å². The van der Waals surface area contributed by atoms with Gasteiger partial charge in [-0.05, 0) is 29.7 Å². The van der Waals surface area contributed by atoms with E-state index in [-0.39, 0.29) is 0 Å². The molecule has 0 aliphatic carbocycles. The summed E-state index contributed by atoms with van der Waals surface area (Å²) in [7, 11) is -3.33. The summed E-state index contributed by atoms with van der Waals surface area (Å²) in [4.78, 5) is 4.25. The van der Waals surface area contributed by atoms with E-state index in [1.165, 1.54) is 5.56 Å². The lowest BCUT2D eigenvalue weighted by Gasteiger charge is -2.14. The Morgan fingerprint density at radius 3 is 2.33 bits per heavy atom. The molecule has 0 amide bonds. The van der Waals surface area contributed by atoms with Crippen LogP contribution in [0.4, 0.5) is 17.3 Å². The molecule has 2 N–H and O–H groups in total. The number of anilines is 3. The van der Waals surface area contributed by atoms with E-state index < -0.39 is 10.0 Å². The predicted molar refractivity (Wildman–Crippen MR) is 86.5 cm³/mol. The average Bonchev–Trinajstić information content (AvgIpc) is 2.37. The monoisotopic (exact) mass is 305 g/mol. The van der Waals surface area contributed by atoms with E-state index in [1.54, 1.807) is 18.2 Å². The van der Waals surface area contributed by atoms with Crippen LogP contribution in [0.25, 0.3) is 0 Å². The molecular weight excluding hydrogens is 286 g/mol. The number of pyridine rings is 1. The maximum absolute atomic E-state index is 11.2. The predicted octanol–water partition coefficient (Wildman–Crippen LogP) is 3.32. The van der Waals surface area contributed by atoms with E-state index in [4.69, 9.17) is 0 Å². The van der Waals surface area contributed by atoms with Gasteiger partial charge in [-0.3, -0.25) is 4.72 Å². The number of sulfonamides is 1. The van der Waals surface area contributed by atoms with E-state index in [2.05, 4.69) is 34.9 Å². The fourth-order valence-electron chi connectivity index (χ4n) is 2.00. The molecule has 0 spiro atoms. The molecule has 1 aromatic heterocycles. The zero-order chi connectivity index (χ0) is 15.5. The summed E-state index contributed by atoms with van der Waals surface area (Å²) in [5.74, 6) is 1.27. The highest BCUT2D eigenvalue weighted by Gasteiger charge is 2.08. The van der Waals surface area contributed by atoms with Crippen LogP contribution in [0, 0.1) is 0 Å². The number of nitrogens with one attached hydrogen (secondary N) is 2. The molecule has 21 heavy (non-hydrogen) atoms. The number of para-hydroxylation sites is 1. The van der Waals surface area contributed by atoms with Crippen LogP contribution in [0.3, 0.4) is 0 Å². The lowest BCUT2D eigenvalue weighted by molar-refractivity contribution is 0.606. The van der Waals surface area contributed by atoms with E-state index in [1.807, 2.05) is 18.2 Å². The van der Waals surface area contributed by atoms with Crippen LogP contribution >= 0.6 is 0 Å². The molecule has 1 aromatic carbocycles. The van der Waals surface area contributed by atoms with Gasteiger partial charge in [-0.15, -0.1) is 0 Å². The van der Waals surface area contributed by atoms with Crippen LogP contribution in [0.2, 0.25) is 0 Å². The normalized spacial score (nSPS) is 11.4. The fraction of sp³-hybridized carbons (Fsp3) is 0.267. The van der Waals surface area contributed by atoms with E-state index in [0.29, 0.717) is 17.6 Å². The van der Waals surface area contributed by atoms with Gasteiger partial charge < -0.3 is 5.32 Å². The molecule has 0 bridgehead atoms. The Labute approximate surface area is 125 Å². The lowest BCUT2D eigenvalue weighted by Crippen LogP contribution is -2.11. The third-order valence-corrected chi connectivity index (χ3v) is 3.46. The number of hydrogen-bond donors (Lipinski definition) is 2. The van der Waals surface area contributed by atoms with Gasteiger partial charge >= 0.3 is 0 Å². The smallest absolute Gasteiger partial charge is 0.230 e. The third kappa shape index (κ3) is 4.46. The first-order chi connectivity index (χ1) is 9.85. The van der Waals surface area contributed by atoms with Gasteiger partial charge in [0.25, 0.3) is 0 Å². The highest BCUT2D eigenvalue weighted by molar-refractivity contribution is 7.92. The molecule has 2 rings (SSSR count). The summed E-state index contributed by atoms with van der Waals surface area (Å²) in [6.45, 7) is 4.24. The van der Waals surface area contributed by atoms with Gasteiger partial charge in [-0.1, -0.05) is 38.1 Å². The first kappa shape index (κ1) is 15.3. The molecule has 0 fully saturated rings. The molecule has 0 aliphatic rings. The van der Waals surface area contributed by atoms with Crippen LogP contribution in [-0.4, -0.2) is 19.7 Å². The molecule has 5 nitrogen and oxygen atoms in total. The van der Waals surface area contributed by atoms with Crippen molar-refractivity contribution in [2.45, 2.75) is 19.8 Å². The van der Waals surface area contributed by atoms with Gasteiger partial charge in [0.15, 0.2) is 0 Å². The second-order valence-corrected chi connectivity index (χ2v) is 6.90. The zero-order valence-corrected chi connectivity index (χ0v) is 13.1. The summed E-state index contributed by atoms with van der Waals surface area (Å²) >= 11 is 0. The van der Waals surface area contributed by atoms with E-state index >= 15 is 0 Å². The fourth-order valence-corrected chi connectivity index (χ4v) is 2.50. The Kier molecular flexibility index (Phi) is 4.47. The Hall–Kier alpha value is -2.08. The summed E-state index contributed by atoms with van der Waals surface area (Å²) in [6.07, 6.45) is 1.10. The van der Waals surface area contributed by atoms with Crippen molar-refractivity contribution in [3.8, 4) is 0 Å². The van der Waals surface area contributed by atoms with Crippen LogP contribution in [0.1, 0.15) is 25.3 Å². The first-order valence-corrected chi connectivity index (χ1v) is 8.55. The van der Waals surface area contributed by atoms with E-state index in [0.717, 1.165) is 11.9 Å². The molecule has 0 saturated carbocycles. The van der Waals surface area contributed by atoms with Gasteiger partial charge in [-0.25, -0.2) is 13.4 Å². The number of benzene rings is 1. The molecule has 112 valence electrons. The maximum atomic E-state index is 11.2. The molecule has 2 aromatic rings.